The van der Waals surface area contributed by atoms with Crippen molar-refractivity contribution in [1.82, 2.24) is 0 Å². The zero-order valence-corrected chi connectivity index (χ0v) is 26.0. The molecule has 3 heteroatoms. The van der Waals surface area contributed by atoms with E-state index in [2.05, 4.69) is 121 Å². The number of benzene rings is 6. The summed E-state index contributed by atoms with van der Waals surface area (Å²) in [6.45, 7) is 0. The van der Waals surface area contributed by atoms with Gasteiger partial charge < -0.3 is 4.74 Å². The number of ether oxygens (including phenoxy) is 1. The number of rotatable bonds is 3. The fourth-order valence-corrected chi connectivity index (χ4v) is 7.52. The summed E-state index contributed by atoms with van der Waals surface area (Å²) in [7, 11) is 0. The summed E-state index contributed by atoms with van der Waals surface area (Å²) in [4.78, 5) is 16.7. The zero-order chi connectivity index (χ0) is 32.1. The predicted molar refractivity (Wildman–Crippen MR) is 192 cm³/mol. The molecule has 226 valence electrons. The van der Waals surface area contributed by atoms with Crippen LogP contribution in [-0.4, -0.2) is 5.91 Å². The van der Waals surface area contributed by atoms with Crippen LogP contribution in [0.4, 0.5) is 11.4 Å². The van der Waals surface area contributed by atoms with Crippen molar-refractivity contribution < 1.29 is 9.53 Å². The molecule has 2 aliphatic heterocycles. The number of para-hydroxylation sites is 2. The van der Waals surface area contributed by atoms with Gasteiger partial charge in [0.1, 0.15) is 17.4 Å². The van der Waals surface area contributed by atoms with Gasteiger partial charge in [0.2, 0.25) is 0 Å². The van der Waals surface area contributed by atoms with Crippen LogP contribution in [-0.2, 0) is 10.2 Å². The highest BCUT2D eigenvalue weighted by Crippen LogP contribution is 2.62. The Labute approximate surface area is 280 Å². The van der Waals surface area contributed by atoms with Gasteiger partial charge in [0.15, 0.2) is 0 Å². The first kappa shape index (κ1) is 27.9. The molecule has 1 unspecified atom stereocenters. The average Bonchev–Trinajstić information content (AvgIpc) is 3.45. The standard InChI is InChI=1S/C45H29NO2/c47-44(33-19-5-1-2-6-20-33)46-40-27-25-34(31-15-7-3-8-16-31)29-38(40)45(39-30-35(26-28-41(39)46)32-17-9-4-10-18-32)36-21-11-13-23-42(36)48-43-24-14-12-22-37(43)45/h1-5,7-19,21-30,33H. The van der Waals surface area contributed by atoms with Crippen LogP contribution in [0, 0.1) is 17.8 Å². The average molecular weight is 616 g/mol. The maximum atomic E-state index is 14.8. The van der Waals surface area contributed by atoms with Crippen molar-refractivity contribution in [2.45, 2.75) is 5.41 Å². The molecule has 1 spiro atoms. The number of anilines is 2. The lowest BCUT2D eigenvalue weighted by atomic mass is 9.60. The minimum absolute atomic E-state index is 0.0895. The summed E-state index contributed by atoms with van der Waals surface area (Å²) in [5, 5.41) is 0. The van der Waals surface area contributed by atoms with Gasteiger partial charge in [-0.2, -0.15) is 0 Å². The van der Waals surface area contributed by atoms with Crippen LogP contribution >= 0.6 is 0 Å². The van der Waals surface area contributed by atoms with Crippen LogP contribution in [0.15, 0.2) is 170 Å². The number of nitrogens with zero attached hydrogens (tertiary/aromatic N) is 1. The number of carbonyl (C=O) groups excluding carboxylic acids is 1. The predicted octanol–water partition coefficient (Wildman–Crippen LogP) is 10.2. The van der Waals surface area contributed by atoms with E-state index in [0.717, 1.165) is 67.4 Å². The molecule has 1 amide bonds. The van der Waals surface area contributed by atoms with E-state index in [1.807, 2.05) is 59.5 Å². The molecule has 0 saturated heterocycles. The lowest BCUT2D eigenvalue weighted by molar-refractivity contribution is -0.119. The Bertz CT molecular complexity index is 2220. The number of carbonyl (C=O) groups is 1. The van der Waals surface area contributed by atoms with Crippen LogP contribution in [0.1, 0.15) is 22.3 Å². The van der Waals surface area contributed by atoms with E-state index in [0.29, 0.717) is 0 Å². The van der Waals surface area contributed by atoms with Gasteiger partial charge in [-0.15, -0.1) is 0 Å². The number of hydrogen-bond acceptors (Lipinski definition) is 2. The van der Waals surface area contributed by atoms with Crippen molar-refractivity contribution in [3.05, 3.63) is 192 Å². The highest BCUT2D eigenvalue weighted by atomic mass is 16.5. The van der Waals surface area contributed by atoms with Gasteiger partial charge in [-0.05, 0) is 75.9 Å². The normalized spacial score (nSPS) is 15.9. The largest absolute Gasteiger partial charge is 0.457 e. The molecule has 0 fully saturated rings. The Balaban J connectivity index is 1.43. The molecule has 0 saturated carbocycles. The van der Waals surface area contributed by atoms with Crippen molar-refractivity contribution in [2.75, 3.05) is 4.90 Å². The summed E-state index contributed by atoms with van der Waals surface area (Å²) in [6.07, 6.45) is 7.44. The van der Waals surface area contributed by atoms with Gasteiger partial charge in [-0.25, -0.2) is 0 Å². The molecule has 48 heavy (non-hydrogen) atoms. The molecule has 2 heterocycles. The molecule has 3 aliphatic rings. The van der Waals surface area contributed by atoms with Crippen molar-refractivity contribution in [3.8, 4) is 45.6 Å². The van der Waals surface area contributed by atoms with Crippen LogP contribution in [0.25, 0.3) is 22.3 Å². The lowest BCUT2D eigenvalue weighted by Gasteiger charge is -2.48. The smallest absolute Gasteiger partial charge is 0.250 e. The van der Waals surface area contributed by atoms with Gasteiger partial charge in [0.25, 0.3) is 5.91 Å². The molecule has 0 N–H and O–H groups in total. The molecule has 0 bridgehead atoms. The monoisotopic (exact) mass is 615 g/mol. The van der Waals surface area contributed by atoms with E-state index in [4.69, 9.17) is 4.74 Å². The van der Waals surface area contributed by atoms with Gasteiger partial charge in [0.05, 0.1) is 16.8 Å². The maximum absolute atomic E-state index is 14.8. The Kier molecular flexibility index (Phi) is 6.48. The minimum atomic E-state index is -0.797. The quantitative estimate of drug-likeness (QED) is 0.185. The third-order valence-corrected chi connectivity index (χ3v) is 9.62. The highest BCUT2D eigenvalue weighted by molar-refractivity contribution is 6.08. The third-order valence-electron chi connectivity index (χ3n) is 9.62. The molecule has 0 aromatic heterocycles. The molecule has 1 aliphatic carbocycles. The van der Waals surface area contributed by atoms with Crippen molar-refractivity contribution in [2.24, 2.45) is 5.92 Å². The Hall–Kier alpha value is -6.37. The lowest BCUT2D eigenvalue weighted by Crippen LogP contribution is -2.43. The van der Waals surface area contributed by atoms with Crippen LogP contribution < -0.4 is 9.64 Å². The minimum Gasteiger partial charge on any atom is -0.457 e. The van der Waals surface area contributed by atoms with Gasteiger partial charge >= 0.3 is 0 Å². The number of hydrogen-bond donors (Lipinski definition) is 0. The molecule has 6 aromatic rings. The SMILES string of the molecule is O=C(C1C#CC=CC=C1)N1c2ccc(-c3ccccc3)cc2C2(c3ccccc3Oc3ccccc32)c2cc(-c3ccccc3)ccc21. The molecule has 0 radical (unpaired) electrons. The number of allylic oxidation sites excluding steroid dienone is 3. The molecule has 9 rings (SSSR count). The van der Waals surface area contributed by atoms with E-state index >= 15 is 0 Å². The van der Waals surface area contributed by atoms with E-state index in [9.17, 15) is 4.79 Å². The van der Waals surface area contributed by atoms with Gasteiger partial charge in [-0.3, -0.25) is 9.69 Å². The second-order valence-corrected chi connectivity index (χ2v) is 12.2. The van der Waals surface area contributed by atoms with E-state index < -0.39 is 11.3 Å². The molecule has 6 aromatic carbocycles. The van der Waals surface area contributed by atoms with Crippen LogP contribution in [0.2, 0.25) is 0 Å². The molecule has 3 nitrogen and oxygen atoms in total. The summed E-state index contributed by atoms with van der Waals surface area (Å²) in [6, 6.07) is 50.5. The number of amides is 1. The van der Waals surface area contributed by atoms with E-state index in [1.54, 1.807) is 6.08 Å². The first-order valence-corrected chi connectivity index (χ1v) is 16.2. The molecule has 1 atom stereocenters. The Morgan fingerprint density at radius 3 is 1.65 bits per heavy atom. The Morgan fingerprint density at radius 1 is 0.562 bits per heavy atom. The summed E-state index contributed by atoms with van der Waals surface area (Å²) in [5.41, 5.74) is 9.32. The summed E-state index contributed by atoms with van der Waals surface area (Å²) in [5.74, 6) is 7.14. The second-order valence-electron chi connectivity index (χ2n) is 12.2. The van der Waals surface area contributed by atoms with Gasteiger partial charge in [-0.1, -0.05) is 139 Å². The molecular weight excluding hydrogens is 587 g/mol. The fourth-order valence-electron chi connectivity index (χ4n) is 7.52. The third kappa shape index (κ3) is 4.20. The molecular formula is C45H29NO2. The van der Waals surface area contributed by atoms with Crippen molar-refractivity contribution in [3.63, 3.8) is 0 Å². The maximum Gasteiger partial charge on any atom is 0.250 e. The number of fused-ring (bicyclic) bond motifs is 8. The topological polar surface area (TPSA) is 29.5 Å². The highest BCUT2D eigenvalue weighted by Gasteiger charge is 2.52. The fraction of sp³-hybridized carbons (Fsp3) is 0.0444. The zero-order valence-electron chi connectivity index (χ0n) is 26.0. The first-order chi connectivity index (χ1) is 23.7. The van der Waals surface area contributed by atoms with Gasteiger partial charge in [0, 0.05) is 11.1 Å². The second kappa shape index (κ2) is 11.2. The first-order valence-electron chi connectivity index (χ1n) is 16.2. The van der Waals surface area contributed by atoms with E-state index in [1.165, 1.54) is 0 Å². The van der Waals surface area contributed by atoms with E-state index in [-0.39, 0.29) is 5.91 Å². The van der Waals surface area contributed by atoms with Crippen molar-refractivity contribution in [1.29, 1.82) is 0 Å². The summed E-state index contributed by atoms with van der Waals surface area (Å²) < 4.78 is 6.63. The van der Waals surface area contributed by atoms with Crippen LogP contribution in [0.3, 0.4) is 0 Å². The van der Waals surface area contributed by atoms with Crippen LogP contribution in [0.5, 0.6) is 11.5 Å². The Morgan fingerprint density at radius 2 is 1.08 bits per heavy atom. The summed E-state index contributed by atoms with van der Waals surface area (Å²) >= 11 is 0. The van der Waals surface area contributed by atoms with Crippen molar-refractivity contribution >= 4 is 17.3 Å².